The fourth-order valence-corrected chi connectivity index (χ4v) is 3.16. The van der Waals surface area contributed by atoms with Crippen LogP contribution in [0.25, 0.3) is 0 Å². The molecule has 2 unspecified atom stereocenters. The minimum atomic E-state index is -0.793. The fourth-order valence-electron chi connectivity index (χ4n) is 2.45. The summed E-state index contributed by atoms with van der Waals surface area (Å²) in [4.78, 5) is 24.6. The van der Waals surface area contributed by atoms with E-state index in [1.54, 1.807) is 11.3 Å². The molecule has 1 aromatic heterocycles. The van der Waals surface area contributed by atoms with Gasteiger partial charge in [0.05, 0.1) is 6.04 Å². The summed E-state index contributed by atoms with van der Waals surface area (Å²) in [6.07, 6.45) is 2.11. The first kappa shape index (κ1) is 13.0. The number of nitrogens with one attached hydrogen (secondary N) is 1. The van der Waals surface area contributed by atoms with Crippen LogP contribution in [0, 0.1) is 0 Å². The number of carbonyl (C=O) groups is 2. The lowest BCUT2D eigenvalue weighted by atomic mass is 10.1. The molecule has 0 bridgehead atoms. The maximum atomic E-state index is 11.8. The van der Waals surface area contributed by atoms with Crippen molar-refractivity contribution >= 4 is 23.3 Å². The number of hydrogen-bond donors (Lipinski definition) is 2. The molecule has 1 aliphatic heterocycles. The fraction of sp³-hybridized carbons (Fsp3) is 0.500. The molecule has 98 valence electrons. The van der Waals surface area contributed by atoms with E-state index in [2.05, 4.69) is 21.7 Å². The van der Waals surface area contributed by atoms with Gasteiger partial charge in [0.15, 0.2) is 0 Å². The molecule has 5 nitrogen and oxygen atoms in total. The second-order valence-electron chi connectivity index (χ2n) is 4.48. The number of hydrogen-bond acceptors (Lipinski definition) is 4. The number of imide groups is 1. The van der Waals surface area contributed by atoms with E-state index in [4.69, 9.17) is 5.73 Å². The van der Waals surface area contributed by atoms with Gasteiger partial charge in [0.1, 0.15) is 0 Å². The monoisotopic (exact) mass is 267 g/mol. The van der Waals surface area contributed by atoms with Gasteiger partial charge in [0, 0.05) is 6.04 Å². The van der Waals surface area contributed by atoms with E-state index in [1.165, 1.54) is 5.56 Å². The van der Waals surface area contributed by atoms with E-state index in [0.29, 0.717) is 0 Å². The maximum Gasteiger partial charge on any atom is 0.318 e. The Morgan fingerprint density at radius 2 is 2.39 bits per heavy atom. The Kier molecular flexibility index (Phi) is 3.98. The van der Waals surface area contributed by atoms with Gasteiger partial charge in [-0.25, -0.2) is 4.79 Å². The zero-order chi connectivity index (χ0) is 13.1. The number of urea groups is 1. The van der Waals surface area contributed by atoms with Crippen molar-refractivity contribution in [2.24, 2.45) is 5.73 Å². The van der Waals surface area contributed by atoms with Crippen molar-refractivity contribution in [3.63, 3.8) is 0 Å². The second-order valence-corrected chi connectivity index (χ2v) is 5.26. The lowest BCUT2D eigenvalue weighted by Gasteiger charge is -2.29. The number of rotatable bonds is 3. The summed E-state index contributed by atoms with van der Waals surface area (Å²) < 4.78 is 0. The summed E-state index contributed by atoms with van der Waals surface area (Å²) in [5.41, 5.74) is 6.22. The van der Waals surface area contributed by atoms with Crippen LogP contribution < -0.4 is 11.1 Å². The van der Waals surface area contributed by atoms with Crippen molar-refractivity contribution in [1.82, 2.24) is 10.2 Å². The minimum absolute atomic E-state index is 0.268. The first-order valence-electron chi connectivity index (χ1n) is 5.97. The van der Waals surface area contributed by atoms with Crippen molar-refractivity contribution in [2.45, 2.75) is 31.8 Å². The number of primary amides is 1. The largest absolute Gasteiger partial charge is 0.351 e. The summed E-state index contributed by atoms with van der Waals surface area (Å²) in [5, 5.41) is 6.30. The molecule has 1 aliphatic rings. The van der Waals surface area contributed by atoms with Crippen LogP contribution in [0.3, 0.4) is 0 Å². The topological polar surface area (TPSA) is 75.4 Å². The Hall–Kier alpha value is -1.40. The van der Waals surface area contributed by atoms with E-state index in [9.17, 15) is 9.59 Å². The average molecular weight is 267 g/mol. The highest BCUT2D eigenvalue weighted by atomic mass is 32.1. The van der Waals surface area contributed by atoms with E-state index in [-0.39, 0.29) is 18.0 Å². The van der Waals surface area contributed by atoms with Gasteiger partial charge in [-0.15, -0.1) is 0 Å². The van der Waals surface area contributed by atoms with Crippen molar-refractivity contribution in [3.05, 3.63) is 22.4 Å². The van der Waals surface area contributed by atoms with Crippen LogP contribution in [-0.4, -0.2) is 29.4 Å². The van der Waals surface area contributed by atoms with Crippen LogP contribution in [0.2, 0.25) is 0 Å². The molecule has 0 radical (unpaired) electrons. The first-order valence-corrected chi connectivity index (χ1v) is 6.92. The van der Waals surface area contributed by atoms with E-state index < -0.39 is 6.03 Å². The number of amides is 3. The van der Waals surface area contributed by atoms with Gasteiger partial charge in [0.25, 0.3) is 0 Å². The van der Waals surface area contributed by atoms with Gasteiger partial charge in [-0.3, -0.25) is 15.0 Å². The number of nitrogens with two attached hydrogens (primary N) is 1. The Bertz CT molecular complexity index is 433. The number of nitrogens with zero attached hydrogens (tertiary/aromatic N) is 1. The summed E-state index contributed by atoms with van der Waals surface area (Å²) in [6.45, 7) is 2.68. The standard InChI is InChI=1S/C12H17N3O2S/c1-8(11(16)14-12(13)17)15-5-2-3-10(15)9-4-6-18-7-9/h4,6-8,10H,2-3,5H2,1H3,(H3,13,14,16,17). The Morgan fingerprint density at radius 1 is 1.61 bits per heavy atom. The molecule has 0 aliphatic carbocycles. The molecule has 2 rings (SSSR count). The second kappa shape index (κ2) is 5.49. The number of thiophene rings is 1. The molecule has 0 aromatic carbocycles. The van der Waals surface area contributed by atoms with Crippen LogP contribution >= 0.6 is 11.3 Å². The molecule has 0 saturated carbocycles. The Labute approximate surface area is 110 Å². The van der Waals surface area contributed by atoms with Crippen molar-refractivity contribution in [1.29, 1.82) is 0 Å². The van der Waals surface area contributed by atoms with E-state index in [1.807, 2.05) is 12.3 Å². The van der Waals surface area contributed by atoms with Gasteiger partial charge in [-0.05, 0) is 48.7 Å². The molecule has 1 saturated heterocycles. The van der Waals surface area contributed by atoms with Crippen LogP contribution in [0.1, 0.15) is 31.4 Å². The van der Waals surface area contributed by atoms with Crippen molar-refractivity contribution < 1.29 is 9.59 Å². The molecule has 3 N–H and O–H groups in total. The zero-order valence-electron chi connectivity index (χ0n) is 10.3. The average Bonchev–Trinajstić information content (AvgIpc) is 2.97. The van der Waals surface area contributed by atoms with E-state index >= 15 is 0 Å². The quantitative estimate of drug-likeness (QED) is 0.870. The molecule has 0 spiro atoms. The van der Waals surface area contributed by atoms with Crippen LogP contribution in [0.15, 0.2) is 16.8 Å². The van der Waals surface area contributed by atoms with Crippen molar-refractivity contribution in [2.75, 3.05) is 6.54 Å². The maximum absolute atomic E-state index is 11.8. The van der Waals surface area contributed by atoms with Crippen LogP contribution in [0.5, 0.6) is 0 Å². The summed E-state index contributed by atoms with van der Waals surface area (Å²) in [6, 6.07) is 1.22. The van der Waals surface area contributed by atoms with Crippen LogP contribution in [-0.2, 0) is 4.79 Å². The number of likely N-dealkylation sites (tertiary alicyclic amines) is 1. The number of carbonyl (C=O) groups excluding carboxylic acids is 2. The summed E-state index contributed by atoms with van der Waals surface area (Å²) in [7, 11) is 0. The highest BCUT2D eigenvalue weighted by Gasteiger charge is 2.33. The Balaban J connectivity index is 2.07. The molecule has 2 atom stereocenters. The third-order valence-electron chi connectivity index (χ3n) is 3.35. The molecule has 3 amide bonds. The van der Waals surface area contributed by atoms with E-state index in [0.717, 1.165) is 19.4 Å². The van der Waals surface area contributed by atoms with Crippen molar-refractivity contribution in [3.8, 4) is 0 Å². The Morgan fingerprint density at radius 3 is 3.00 bits per heavy atom. The normalized spacial score (nSPS) is 21.7. The highest BCUT2D eigenvalue weighted by molar-refractivity contribution is 7.07. The third-order valence-corrected chi connectivity index (χ3v) is 4.05. The summed E-state index contributed by atoms with van der Waals surface area (Å²) in [5.74, 6) is -0.329. The highest BCUT2D eigenvalue weighted by Crippen LogP contribution is 2.34. The molecule has 18 heavy (non-hydrogen) atoms. The molecular formula is C12H17N3O2S. The summed E-state index contributed by atoms with van der Waals surface area (Å²) >= 11 is 1.66. The third kappa shape index (κ3) is 2.70. The first-order chi connectivity index (χ1) is 8.59. The SMILES string of the molecule is CC(C(=O)NC(N)=O)N1CCCC1c1ccsc1. The molecule has 6 heteroatoms. The predicted molar refractivity (Wildman–Crippen MR) is 70.2 cm³/mol. The molecule has 2 heterocycles. The predicted octanol–water partition coefficient (Wildman–Crippen LogP) is 1.47. The molecular weight excluding hydrogens is 250 g/mol. The lowest BCUT2D eigenvalue weighted by Crippen LogP contribution is -2.48. The van der Waals surface area contributed by atoms with Gasteiger partial charge < -0.3 is 5.73 Å². The smallest absolute Gasteiger partial charge is 0.318 e. The minimum Gasteiger partial charge on any atom is -0.351 e. The zero-order valence-corrected chi connectivity index (χ0v) is 11.1. The molecule has 1 fully saturated rings. The lowest BCUT2D eigenvalue weighted by molar-refractivity contribution is -0.125. The van der Waals surface area contributed by atoms with Crippen LogP contribution in [0.4, 0.5) is 4.79 Å². The van der Waals surface area contributed by atoms with Gasteiger partial charge >= 0.3 is 6.03 Å². The molecule has 1 aromatic rings. The van der Waals surface area contributed by atoms with Gasteiger partial charge in [0.2, 0.25) is 5.91 Å². The van der Waals surface area contributed by atoms with Gasteiger partial charge in [-0.2, -0.15) is 11.3 Å². The van der Waals surface area contributed by atoms with Gasteiger partial charge in [-0.1, -0.05) is 0 Å².